The van der Waals surface area contributed by atoms with Crippen LogP contribution >= 0.6 is 0 Å². The third-order valence-corrected chi connectivity index (χ3v) is 1.77. The van der Waals surface area contributed by atoms with Gasteiger partial charge in [-0.05, 0) is 13.0 Å². The Labute approximate surface area is 77.8 Å². The summed E-state index contributed by atoms with van der Waals surface area (Å²) in [5, 5.41) is 11.9. The number of nitrogens with zero attached hydrogens (tertiary/aromatic N) is 1. The Hall–Kier alpha value is -1.13. The smallest absolute Gasteiger partial charge is 0.130 e. The van der Waals surface area contributed by atoms with Crippen LogP contribution in [0.4, 0.5) is 5.82 Å². The quantitative estimate of drug-likeness (QED) is 0.626. The molecular weight excluding hydrogens is 166 g/mol. The molecular formula is C9H15N3O. The lowest BCUT2D eigenvalue weighted by molar-refractivity contribution is 0.281. The van der Waals surface area contributed by atoms with E-state index in [0.717, 1.165) is 11.4 Å². The summed E-state index contributed by atoms with van der Waals surface area (Å²) in [5.74, 6) is 0.756. The highest BCUT2D eigenvalue weighted by atomic mass is 16.3. The van der Waals surface area contributed by atoms with Gasteiger partial charge in [-0.2, -0.15) is 0 Å². The van der Waals surface area contributed by atoms with Gasteiger partial charge in [-0.15, -0.1) is 0 Å². The second-order valence-electron chi connectivity index (χ2n) is 2.94. The molecule has 1 heterocycles. The lowest BCUT2D eigenvalue weighted by atomic mass is 10.2. The van der Waals surface area contributed by atoms with Gasteiger partial charge in [0.2, 0.25) is 0 Å². The van der Waals surface area contributed by atoms with Crippen molar-refractivity contribution in [1.82, 2.24) is 4.98 Å². The zero-order valence-corrected chi connectivity index (χ0v) is 7.70. The van der Waals surface area contributed by atoms with E-state index in [-0.39, 0.29) is 12.6 Å². The summed E-state index contributed by atoms with van der Waals surface area (Å²) in [6.45, 7) is 2.42. The summed E-state index contributed by atoms with van der Waals surface area (Å²) in [4.78, 5) is 4.14. The van der Waals surface area contributed by atoms with Crippen molar-refractivity contribution in [3.63, 3.8) is 0 Å². The Kier molecular flexibility index (Phi) is 3.67. The summed E-state index contributed by atoms with van der Waals surface area (Å²) in [7, 11) is 0. The minimum Gasteiger partial charge on any atom is -0.394 e. The standard InChI is InChI=1S/C9H15N3O/c1-7(6-13)12-9-8(5-10)3-2-4-11-9/h2-4,7,13H,5-6,10H2,1H3,(H,11,12). The second kappa shape index (κ2) is 4.79. The molecule has 0 amide bonds. The van der Waals surface area contributed by atoms with Crippen LogP contribution in [0, 0.1) is 0 Å². The highest BCUT2D eigenvalue weighted by molar-refractivity contribution is 5.44. The molecule has 1 unspecified atom stereocenters. The van der Waals surface area contributed by atoms with Crippen LogP contribution < -0.4 is 11.1 Å². The molecule has 1 aromatic rings. The van der Waals surface area contributed by atoms with Gasteiger partial charge in [0.15, 0.2) is 0 Å². The Bertz CT molecular complexity index is 265. The summed E-state index contributed by atoms with van der Waals surface area (Å²) >= 11 is 0. The Morgan fingerprint density at radius 1 is 1.69 bits per heavy atom. The van der Waals surface area contributed by atoms with Crippen LogP contribution in [0.5, 0.6) is 0 Å². The molecule has 0 saturated heterocycles. The molecule has 13 heavy (non-hydrogen) atoms. The van der Waals surface area contributed by atoms with Gasteiger partial charge >= 0.3 is 0 Å². The first-order valence-corrected chi connectivity index (χ1v) is 4.29. The van der Waals surface area contributed by atoms with Gasteiger partial charge in [-0.25, -0.2) is 4.98 Å². The van der Waals surface area contributed by atoms with E-state index in [1.165, 1.54) is 0 Å². The fourth-order valence-electron chi connectivity index (χ4n) is 1.01. The minimum atomic E-state index is 0.000185. The van der Waals surface area contributed by atoms with Crippen molar-refractivity contribution < 1.29 is 5.11 Å². The van der Waals surface area contributed by atoms with Crippen LogP contribution in [0.1, 0.15) is 12.5 Å². The number of aromatic nitrogens is 1. The summed E-state index contributed by atoms with van der Waals surface area (Å²) in [6.07, 6.45) is 1.70. The van der Waals surface area contributed by atoms with Gasteiger partial charge in [0.05, 0.1) is 6.61 Å². The summed E-state index contributed by atoms with van der Waals surface area (Å²) in [5.41, 5.74) is 6.49. The Morgan fingerprint density at radius 3 is 3.08 bits per heavy atom. The molecule has 4 nitrogen and oxygen atoms in total. The average molecular weight is 181 g/mol. The van der Waals surface area contributed by atoms with E-state index in [2.05, 4.69) is 10.3 Å². The SMILES string of the molecule is CC(CO)Nc1ncccc1CN. The molecule has 0 spiro atoms. The number of hydrogen-bond donors (Lipinski definition) is 3. The Morgan fingerprint density at radius 2 is 2.46 bits per heavy atom. The fourth-order valence-corrected chi connectivity index (χ4v) is 1.01. The fraction of sp³-hybridized carbons (Fsp3) is 0.444. The van der Waals surface area contributed by atoms with Crippen LogP contribution in [0.2, 0.25) is 0 Å². The molecule has 0 aliphatic carbocycles. The van der Waals surface area contributed by atoms with Gasteiger partial charge in [0.1, 0.15) is 5.82 Å². The predicted molar refractivity (Wildman–Crippen MR) is 52.3 cm³/mol. The van der Waals surface area contributed by atoms with Crippen molar-refractivity contribution in [2.45, 2.75) is 19.5 Å². The molecule has 0 aliphatic rings. The molecule has 0 saturated carbocycles. The molecule has 4 heteroatoms. The monoisotopic (exact) mass is 181 g/mol. The van der Waals surface area contributed by atoms with Gasteiger partial charge in [-0.1, -0.05) is 6.07 Å². The zero-order valence-electron chi connectivity index (χ0n) is 7.70. The van der Waals surface area contributed by atoms with E-state index in [0.29, 0.717) is 6.54 Å². The van der Waals surface area contributed by atoms with Crippen molar-refractivity contribution in [2.75, 3.05) is 11.9 Å². The first-order valence-electron chi connectivity index (χ1n) is 4.29. The van der Waals surface area contributed by atoms with E-state index in [9.17, 15) is 0 Å². The van der Waals surface area contributed by atoms with Gasteiger partial charge in [0.25, 0.3) is 0 Å². The van der Waals surface area contributed by atoms with Crippen molar-refractivity contribution in [2.24, 2.45) is 5.73 Å². The zero-order chi connectivity index (χ0) is 9.68. The molecule has 72 valence electrons. The number of aliphatic hydroxyl groups is 1. The van der Waals surface area contributed by atoms with Crippen LogP contribution in [0.15, 0.2) is 18.3 Å². The maximum absolute atomic E-state index is 8.84. The first-order chi connectivity index (χ1) is 6.27. The van der Waals surface area contributed by atoms with E-state index in [1.807, 2.05) is 19.1 Å². The van der Waals surface area contributed by atoms with Crippen molar-refractivity contribution in [1.29, 1.82) is 0 Å². The van der Waals surface area contributed by atoms with Gasteiger partial charge in [-0.3, -0.25) is 0 Å². The number of hydrogen-bond acceptors (Lipinski definition) is 4. The predicted octanol–water partition coefficient (Wildman–Crippen LogP) is 0.333. The lowest BCUT2D eigenvalue weighted by Gasteiger charge is -2.13. The molecule has 4 N–H and O–H groups in total. The van der Waals surface area contributed by atoms with Crippen LogP contribution in [0.3, 0.4) is 0 Å². The topological polar surface area (TPSA) is 71.2 Å². The molecule has 0 aliphatic heterocycles. The van der Waals surface area contributed by atoms with E-state index in [1.54, 1.807) is 6.20 Å². The molecule has 1 atom stereocenters. The van der Waals surface area contributed by atoms with E-state index >= 15 is 0 Å². The van der Waals surface area contributed by atoms with E-state index < -0.39 is 0 Å². The molecule has 1 aromatic heterocycles. The number of rotatable bonds is 4. The average Bonchev–Trinajstić information content (AvgIpc) is 2.18. The third-order valence-electron chi connectivity index (χ3n) is 1.77. The molecule has 0 bridgehead atoms. The molecule has 0 aromatic carbocycles. The third kappa shape index (κ3) is 2.68. The summed E-state index contributed by atoms with van der Waals surface area (Å²) in [6, 6.07) is 3.76. The van der Waals surface area contributed by atoms with Gasteiger partial charge in [0, 0.05) is 24.3 Å². The molecule has 0 fully saturated rings. The maximum Gasteiger partial charge on any atom is 0.130 e. The van der Waals surface area contributed by atoms with Crippen LogP contribution in [0.25, 0.3) is 0 Å². The normalized spacial score (nSPS) is 12.5. The number of pyridine rings is 1. The highest BCUT2D eigenvalue weighted by Gasteiger charge is 2.04. The number of anilines is 1. The minimum absolute atomic E-state index is 0.000185. The lowest BCUT2D eigenvalue weighted by Crippen LogP contribution is -2.21. The highest BCUT2D eigenvalue weighted by Crippen LogP contribution is 2.10. The molecule has 0 radical (unpaired) electrons. The van der Waals surface area contributed by atoms with Gasteiger partial charge < -0.3 is 16.2 Å². The van der Waals surface area contributed by atoms with Crippen LogP contribution in [-0.2, 0) is 6.54 Å². The maximum atomic E-state index is 8.84. The van der Waals surface area contributed by atoms with Crippen molar-refractivity contribution >= 4 is 5.82 Å². The second-order valence-corrected chi connectivity index (χ2v) is 2.94. The Balaban J connectivity index is 2.74. The number of aliphatic hydroxyl groups excluding tert-OH is 1. The summed E-state index contributed by atoms with van der Waals surface area (Å²) < 4.78 is 0. The van der Waals surface area contributed by atoms with E-state index in [4.69, 9.17) is 10.8 Å². The largest absolute Gasteiger partial charge is 0.394 e. The first kappa shape index (κ1) is 9.95. The molecule has 1 rings (SSSR count). The van der Waals surface area contributed by atoms with Crippen molar-refractivity contribution in [3.05, 3.63) is 23.9 Å². The van der Waals surface area contributed by atoms with Crippen molar-refractivity contribution in [3.8, 4) is 0 Å². The number of nitrogens with one attached hydrogen (secondary N) is 1. The van der Waals surface area contributed by atoms with Crippen LogP contribution in [-0.4, -0.2) is 22.7 Å². The number of nitrogens with two attached hydrogens (primary N) is 1.